The lowest BCUT2D eigenvalue weighted by Crippen LogP contribution is -2.19. The molecular formula is C23H12F5NO5. The summed E-state index contributed by atoms with van der Waals surface area (Å²) >= 11 is 0. The van der Waals surface area contributed by atoms with Crippen LogP contribution in [0.5, 0.6) is 17.2 Å². The van der Waals surface area contributed by atoms with E-state index in [0.29, 0.717) is 11.1 Å². The van der Waals surface area contributed by atoms with Crippen molar-refractivity contribution in [1.82, 2.24) is 4.98 Å². The first-order valence-electron chi connectivity index (χ1n) is 9.51. The highest BCUT2D eigenvalue weighted by molar-refractivity contribution is 6.15. The summed E-state index contributed by atoms with van der Waals surface area (Å²) in [7, 11) is 0. The van der Waals surface area contributed by atoms with Gasteiger partial charge in [0.15, 0.2) is 18.1 Å². The molecule has 2 aromatic carbocycles. The number of carbonyl (C=O) groups excluding carboxylic acids is 2. The molecule has 6 nitrogen and oxygen atoms in total. The second-order valence-electron chi connectivity index (χ2n) is 7.00. The first-order chi connectivity index (χ1) is 16.2. The van der Waals surface area contributed by atoms with Gasteiger partial charge >= 0.3 is 5.97 Å². The number of allylic oxidation sites excluding steroid dienone is 1. The van der Waals surface area contributed by atoms with Gasteiger partial charge in [-0.25, -0.2) is 18.0 Å². The molecule has 1 aromatic heterocycles. The number of aryl methyl sites for hydroxylation is 1. The Balaban J connectivity index is 1.49. The highest BCUT2D eigenvalue weighted by Gasteiger charge is 2.31. The number of hydrogen-bond acceptors (Lipinski definition) is 6. The van der Waals surface area contributed by atoms with E-state index in [0.717, 1.165) is 0 Å². The van der Waals surface area contributed by atoms with Crippen molar-refractivity contribution < 1.29 is 45.8 Å². The number of carbonyl (C=O) groups is 2. The molecule has 0 saturated heterocycles. The molecule has 0 N–H and O–H groups in total. The van der Waals surface area contributed by atoms with E-state index in [2.05, 4.69) is 9.72 Å². The number of fused-ring (bicyclic) bond motifs is 1. The third-order valence-corrected chi connectivity index (χ3v) is 4.68. The Labute approximate surface area is 188 Å². The predicted molar refractivity (Wildman–Crippen MR) is 106 cm³/mol. The molecule has 4 rings (SSSR count). The number of ketones is 1. The fourth-order valence-electron chi connectivity index (χ4n) is 3.15. The van der Waals surface area contributed by atoms with E-state index in [1.807, 2.05) is 0 Å². The zero-order valence-corrected chi connectivity index (χ0v) is 17.1. The molecule has 0 atom stereocenters. The predicted octanol–water partition coefficient (Wildman–Crippen LogP) is 4.69. The van der Waals surface area contributed by atoms with E-state index in [4.69, 9.17) is 9.47 Å². The molecule has 0 radical (unpaired) electrons. The van der Waals surface area contributed by atoms with Crippen molar-refractivity contribution in [2.24, 2.45) is 0 Å². The first-order valence-corrected chi connectivity index (χ1v) is 9.51. The highest BCUT2D eigenvalue weighted by atomic mass is 19.2. The molecule has 0 spiro atoms. The average Bonchev–Trinajstić information content (AvgIpc) is 3.12. The van der Waals surface area contributed by atoms with Gasteiger partial charge in [-0.05, 0) is 42.3 Å². The topological polar surface area (TPSA) is 74.7 Å². The van der Waals surface area contributed by atoms with Gasteiger partial charge in [0.25, 0.3) is 0 Å². The molecule has 0 aliphatic carbocycles. The first kappa shape index (κ1) is 22.9. The Bertz CT molecular complexity index is 1330. The minimum atomic E-state index is -2.36. The molecule has 34 heavy (non-hydrogen) atoms. The quantitative estimate of drug-likeness (QED) is 0.133. The van der Waals surface area contributed by atoms with E-state index < -0.39 is 53.2 Å². The number of Topliss-reactive ketones (excluding diaryl/α,β-unsaturated/α-hetero) is 1. The van der Waals surface area contributed by atoms with Crippen molar-refractivity contribution in [2.45, 2.75) is 6.92 Å². The molecule has 3 aromatic rings. The van der Waals surface area contributed by atoms with Crippen molar-refractivity contribution in [1.29, 1.82) is 0 Å². The highest BCUT2D eigenvalue weighted by Crippen LogP contribution is 2.37. The van der Waals surface area contributed by atoms with Gasteiger partial charge in [-0.1, -0.05) is 0 Å². The molecule has 0 fully saturated rings. The molecule has 1 aliphatic heterocycles. The van der Waals surface area contributed by atoms with Crippen molar-refractivity contribution in [3.63, 3.8) is 0 Å². The third-order valence-electron chi connectivity index (χ3n) is 4.68. The van der Waals surface area contributed by atoms with Gasteiger partial charge in [-0.15, -0.1) is 0 Å². The van der Waals surface area contributed by atoms with Crippen LogP contribution in [0.1, 0.15) is 21.5 Å². The molecular weight excluding hydrogens is 465 g/mol. The third kappa shape index (κ3) is 4.19. The average molecular weight is 477 g/mol. The smallest absolute Gasteiger partial charge is 0.349 e. The van der Waals surface area contributed by atoms with Crippen molar-refractivity contribution in [3.8, 4) is 17.2 Å². The molecule has 2 heterocycles. The van der Waals surface area contributed by atoms with Crippen LogP contribution in [0.25, 0.3) is 6.08 Å². The Morgan fingerprint density at radius 2 is 1.62 bits per heavy atom. The van der Waals surface area contributed by atoms with Gasteiger partial charge in [-0.3, -0.25) is 9.78 Å². The summed E-state index contributed by atoms with van der Waals surface area (Å²) < 4.78 is 81.9. The number of aromatic nitrogens is 1. The Morgan fingerprint density at radius 3 is 2.26 bits per heavy atom. The lowest BCUT2D eigenvalue weighted by atomic mass is 10.0. The molecule has 0 amide bonds. The van der Waals surface area contributed by atoms with Crippen LogP contribution in [-0.4, -0.2) is 23.3 Å². The van der Waals surface area contributed by atoms with Gasteiger partial charge in [-0.2, -0.15) is 8.78 Å². The van der Waals surface area contributed by atoms with E-state index in [1.165, 1.54) is 30.6 Å². The second-order valence-corrected chi connectivity index (χ2v) is 7.00. The standard InChI is InChI=1S/C23H12F5NO5/c1-10-6-12(8-13-16(10)22(31)14(34-13)7-11-2-4-29-5-3-11)33-15(30)9-32-23-20(27)18(25)17(24)19(26)21(23)28/h2-8H,9H2,1H3/b14-7-. The summed E-state index contributed by atoms with van der Waals surface area (Å²) in [6.45, 7) is 0.402. The van der Waals surface area contributed by atoms with Gasteiger partial charge in [0, 0.05) is 18.5 Å². The number of nitrogens with zero attached hydrogens (tertiary/aromatic N) is 1. The number of hydrogen-bond donors (Lipinski definition) is 0. The fraction of sp³-hybridized carbons (Fsp3) is 0.0870. The lowest BCUT2D eigenvalue weighted by molar-refractivity contribution is -0.136. The summed E-state index contributed by atoms with van der Waals surface area (Å²) in [5, 5.41) is 0. The number of halogens is 5. The number of esters is 1. The second kappa shape index (κ2) is 8.93. The largest absolute Gasteiger partial charge is 0.476 e. The minimum absolute atomic E-state index is 0.0300. The van der Waals surface area contributed by atoms with Gasteiger partial charge in [0.1, 0.15) is 11.5 Å². The maximum Gasteiger partial charge on any atom is 0.349 e. The van der Waals surface area contributed by atoms with Crippen LogP contribution in [0.3, 0.4) is 0 Å². The van der Waals surface area contributed by atoms with Crippen molar-refractivity contribution >= 4 is 17.8 Å². The van der Waals surface area contributed by atoms with Gasteiger partial charge < -0.3 is 14.2 Å². The summed E-state index contributed by atoms with van der Waals surface area (Å²) in [5.41, 5.74) is 1.32. The number of pyridine rings is 1. The lowest BCUT2D eigenvalue weighted by Gasteiger charge is -2.11. The van der Waals surface area contributed by atoms with Crippen LogP contribution in [-0.2, 0) is 4.79 Å². The molecule has 0 saturated carbocycles. The number of rotatable bonds is 5. The summed E-state index contributed by atoms with van der Waals surface area (Å²) in [4.78, 5) is 28.6. The van der Waals surface area contributed by atoms with Crippen LogP contribution in [0.15, 0.2) is 42.4 Å². The molecule has 0 unspecified atom stereocenters. The maximum atomic E-state index is 13.7. The van der Waals surface area contributed by atoms with Crippen LogP contribution in [0.2, 0.25) is 0 Å². The maximum absolute atomic E-state index is 13.7. The van der Waals surface area contributed by atoms with E-state index >= 15 is 0 Å². The van der Waals surface area contributed by atoms with Gasteiger partial charge in [0.05, 0.1) is 5.56 Å². The summed E-state index contributed by atoms with van der Waals surface area (Å²) in [5.74, 6) is -14.4. The Kier molecular flexibility index (Phi) is 6.01. The van der Waals surface area contributed by atoms with Crippen LogP contribution in [0.4, 0.5) is 22.0 Å². The van der Waals surface area contributed by atoms with E-state index in [1.54, 1.807) is 19.1 Å². The van der Waals surface area contributed by atoms with E-state index in [-0.39, 0.29) is 22.8 Å². The monoisotopic (exact) mass is 477 g/mol. The van der Waals surface area contributed by atoms with Crippen LogP contribution in [0, 0.1) is 36.0 Å². The zero-order chi connectivity index (χ0) is 24.6. The Hall–Kier alpha value is -4.28. The van der Waals surface area contributed by atoms with Crippen LogP contribution < -0.4 is 14.2 Å². The molecule has 0 bridgehead atoms. The summed E-state index contributed by atoms with van der Waals surface area (Å²) in [6.07, 6.45) is 4.58. The number of ether oxygens (including phenoxy) is 3. The molecule has 174 valence electrons. The minimum Gasteiger partial charge on any atom is -0.476 e. The normalized spacial score (nSPS) is 13.6. The molecule has 11 heteroatoms. The van der Waals surface area contributed by atoms with E-state index in [9.17, 15) is 31.5 Å². The number of benzene rings is 2. The fourth-order valence-corrected chi connectivity index (χ4v) is 3.15. The van der Waals surface area contributed by atoms with Gasteiger partial charge in [0.2, 0.25) is 34.9 Å². The zero-order valence-electron chi connectivity index (χ0n) is 17.1. The SMILES string of the molecule is Cc1cc(OC(=O)COc2c(F)c(F)c(F)c(F)c2F)cc2c1C(=O)/C(=C/c1ccncc1)O2. The van der Waals surface area contributed by atoms with Crippen molar-refractivity contribution in [3.05, 3.63) is 88.2 Å². The van der Waals surface area contributed by atoms with Crippen LogP contribution >= 0.6 is 0 Å². The molecule has 1 aliphatic rings. The Morgan fingerprint density at radius 1 is 1.00 bits per heavy atom. The van der Waals surface area contributed by atoms with Crippen molar-refractivity contribution in [2.75, 3.05) is 6.61 Å². The summed E-state index contributed by atoms with van der Waals surface area (Å²) in [6, 6.07) is 5.91.